The van der Waals surface area contributed by atoms with Crippen LogP contribution in [0.3, 0.4) is 0 Å². The summed E-state index contributed by atoms with van der Waals surface area (Å²) < 4.78 is 40.4. The molecule has 0 atom stereocenters. The fraction of sp³-hybridized carbons (Fsp3) is 0.611. The summed E-state index contributed by atoms with van der Waals surface area (Å²) in [6.07, 6.45) is 1.90. The first-order valence-corrected chi connectivity index (χ1v) is 10.9. The Balaban J connectivity index is 1.42. The van der Waals surface area contributed by atoms with Crippen molar-refractivity contribution < 1.29 is 17.6 Å². The van der Waals surface area contributed by atoms with Gasteiger partial charge in [0.05, 0.1) is 4.90 Å². The van der Waals surface area contributed by atoms with E-state index in [1.54, 1.807) is 0 Å². The number of rotatable bonds is 6. The Kier molecular flexibility index (Phi) is 6.80. The maximum atomic E-state index is 13.0. The number of sulfonamides is 1. The highest BCUT2D eigenvalue weighted by molar-refractivity contribution is 7.89. The van der Waals surface area contributed by atoms with Gasteiger partial charge < -0.3 is 15.1 Å². The standard InChI is InChI=1S/C18H27FN4O3S/c19-15-1-3-17(4-2-15)27(25,26)21-16-5-10-22(11-6-16)12-7-18(24)23-13-8-20-9-14-23/h1-4,16,20-21H,5-14H2. The van der Waals surface area contributed by atoms with Crippen LogP contribution in [0.15, 0.2) is 29.2 Å². The van der Waals surface area contributed by atoms with Gasteiger partial charge in [-0.15, -0.1) is 0 Å². The number of carbonyl (C=O) groups excluding carboxylic acids is 1. The minimum Gasteiger partial charge on any atom is -0.340 e. The third kappa shape index (κ3) is 5.71. The van der Waals surface area contributed by atoms with Gasteiger partial charge in [0, 0.05) is 45.2 Å². The van der Waals surface area contributed by atoms with E-state index in [1.165, 1.54) is 12.1 Å². The SMILES string of the molecule is O=C(CCN1CCC(NS(=O)(=O)c2ccc(F)cc2)CC1)N1CCNCC1. The van der Waals surface area contributed by atoms with Crippen LogP contribution in [0, 0.1) is 5.82 Å². The Bertz CT molecular complexity index is 727. The molecule has 0 unspecified atom stereocenters. The van der Waals surface area contributed by atoms with Crippen LogP contribution in [0.5, 0.6) is 0 Å². The van der Waals surface area contributed by atoms with Crippen LogP contribution >= 0.6 is 0 Å². The second-order valence-electron chi connectivity index (χ2n) is 7.07. The lowest BCUT2D eigenvalue weighted by atomic mass is 10.1. The molecule has 7 nitrogen and oxygen atoms in total. The summed E-state index contributed by atoms with van der Waals surface area (Å²) in [7, 11) is -3.64. The minimum atomic E-state index is -3.64. The zero-order chi connectivity index (χ0) is 19.3. The number of halogens is 1. The molecular formula is C18H27FN4O3S. The number of piperidine rings is 1. The summed E-state index contributed by atoms with van der Waals surface area (Å²) in [6.45, 7) is 5.46. The van der Waals surface area contributed by atoms with Gasteiger partial charge in [0.2, 0.25) is 15.9 Å². The maximum absolute atomic E-state index is 13.0. The Morgan fingerprint density at radius 2 is 1.74 bits per heavy atom. The van der Waals surface area contributed by atoms with Crippen LogP contribution in [0.1, 0.15) is 19.3 Å². The van der Waals surface area contributed by atoms with Gasteiger partial charge in [0.25, 0.3) is 0 Å². The lowest BCUT2D eigenvalue weighted by molar-refractivity contribution is -0.132. The van der Waals surface area contributed by atoms with Crippen molar-refractivity contribution in [3.05, 3.63) is 30.1 Å². The van der Waals surface area contributed by atoms with Crippen molar-refractivity contribution in [2.24, 2.45) is 0 Å². The van der Waals surface area contributed by atoms with Crippen LogP contribution in [0.25, 0.3) is 0 Å². The number of piperazine rings is 1. The lowest BCUT2D eigenvalue weighted by Gasteiger charge is -2.33. The highest BCUT2D eigenvalue weighted by atomic mass is 32.2. The van der Waals surface area contributed by atoms with Crippen molar-refractivity contribution in [3.63, 3.8) is 0 Å². The quantitative estimate of drug-likeness (QED) is 0.725. The lowest BCUT2D eigenvalue weighted by Crippen LogP contribution is -2.48. The average molecular weight is 399 g/mol. The van der Waals surface area contributed by atoms with E-state index >= 15 is 0 Å². The summed E-state index contributed by atoms with van der Waals surface area (Å²) >= 11 is 0. The molecular weight excluding hydrogens is 371 g/mol. The molecule has 0 aromatic heterocycles. The molecule has 150 valence electrons. The molecule has 2 aliphatic heterocycles. The Morgan fingerprint density at radius 3 is 2.37 bits per heavy atom. The number of nitrogens with zero attached hydrogens (tertiary/aromatic N) is 2. The Hall–Kier alpha value is -1.55. The molecule has 0 saturated carbocycles. The van der Waals surface area contributed by atoms with E-state index < -0.39 is 15.8 Å². The summed E-state index contributed by atoms with van der Waals surface area (Å²) in [4.78, 5) is 16.4. The average Bonchev–Trinajstić information content (AvgIpc) is 2.68. The number of benzene rings is 1. The van der Waals surface area contributed by atoms with Crippen LogP contribution in [-0.4, -0.2) is 76.0 Å². The summed E-state index contributed by atoms with van der Waals surface area (Å²) in [5.74, 6) is -0.270. The number of hydrogen-bond acceptors (Lipinski definition) is 5. The molecule has 1 amide bonds. The highest BCUT2D eigenvalue weighted by Crippen LogP contribution is 2.16. The van der Waals surface area contributed by atoms with Gasteiger partial charge in [0.15, 0.2) is 0 Å². The van der Waals surface area contributed by atoms with Crippen LogP contribution < -0.4 is 10.0 Å². The fourth-order valence-electron chi connectivity index (χ4n) is 3.50. The molecule has 9 heteroatoms. The van der Waals surface area contributed by atoms with Crippen molar-refractivity contribution in [1.82, 2.24) is 19.8 Å². The predicted molar refractivity (Wildman–Crippen MR) is 100 cm³/mol. The van der Waals surface area contributed by atoms with E-state index in [-0.39, 0.29) is 16.8 Å². The number of carbonyl (C=O) groups is 1. The topological polar surface area (TPSA) is 81.8 Å². The third-order valence-corrected chi connectivity index (χ3v) is 6.68. The second kappa shape index (κ2) is 9.09. The van der Waals surface area contributed by atoms with Crippen molar-refractivity contribution >= 4 is 15.9 Å². The van der Waals surface area contributed by atoms with E-state index in [2.05, 4.69) is 14.9 Å². The largest absolute Gasteiger partial charge is 0.340 e. The van der Waals surface area contributed by atoms with E-state index in [0.29, 0.717) is 25.8 Å². The molecule has 2 fully saturated rings. The molecule has 3 rings (SSSR count). The number of amides is 1. The number of likely N-dealkylation sites (tertiary alicyclic amines) is 1. The van der Waals surface area contributed by atoms with Crippen LogP contribution in [-0.2, 0) is 14.8 Å². The second-order valence-corrected chi connectivity index (χ2v) is 8.79. The molecule has 2 N–H and O–H groups in total. The van der Waals surface area contributed by atoms with Gasteiger partial charge in [-0.05, 0) is 50.2 Å². The first-order chi connectivity index (χ1) is 12.9. The van der Waals surface area contributed by atoms with Gasteiger partial charge in [-0.3, -0.25) is 4.79 Å². The Morgan fingerprint density at radius 1 is 1.11 bits per heavy atom. The summed E-state index contributed by atoms with van der Waals surface area (Å²) in [5, 5.41) is 3.23. The monoisotopic (exact) mass is 398 g/mol. The van der Waals surface area contributed by atoms with Gasteiger partial charge in [0.1, 0.15) is 5.82 Å². The van der Waals surface area contributed by atoms with E-state index in [9.17, 15) is 17.6 Å². The zero-order valence-corrected chi connectivity index (χ0v) is 16.2. The molecule has 0 spiro atoms. The van der Waals surface area contributed by atoms with E-state index in [4.69, 9.17) is 0 Å². The first-order valence-electron chi connectivity index (χ1n) is 9.43. The molecule has 0 radical (unpaired) electrons. The molecule has 2 aliphatic rings. The van der Waals surface area contributed by atoms with Crippen LogP contribution in [0.2, 0.25) is 0 Å². The molecule has 2 saturated heterocycles. The fourth-order valence-corrected chi connectivity index (χ4v) is 4.81. The highest BCUT2D eigenvalue weighted by Gasteiger charge is 2.25. The maximum Gasteiger partial charge on any atom is 0.240 e. The van der Waals surface area contributed by atoms with E-state index in [1.807, 2.05) is 4.90 Å². The zero-order valence-electron chi connectivity index (χ0n) is 15.4. The smallest absolute Gasteiger partial charge is 0.240 e. The van der Waals surface area contributed by atoms with Crippen LogP contribution in [0.4, 0.5) is 4.39 Å². The summed E-state index contributed by atoms with van der Waals surface area (Å²) in [5.41, 5.74) is 0. The molecule has 0 aliphatic carbocycles. The third-order valence-electron chi connectivity index (χ3n) is 5.14. The minimum absolute atomic E-state index is 0.0768. The number of nitrogens with one attached hydrogen (secondary N) is 2. The Labute approximate surface area is 160 Å². The number of hydrogen-bond donors (Lipinski definition) is 2. The molecule has 1 aromatic carbocycles. The first kappa shape index (κ1) is 20.2. The van der Waals surface area contributed by atoms with Crippen molar-refractivity contribution in [3.8, 4) is 0 Å². The molecule has 1 aromatic rings. The van der Waals surface area contributed by atoms with Gasteiger partial charge in [-0.1, -0.05) is 0 Å². The van der Waals surface area contributed by atoms with Gasteiger partial charge in [-0.2, -0.15) is 0 Å². The molecule has 0 bridgehead atoms. The molecule has 27 heavy (non-hydrogen) atoms. The summed E-state index contributed by atoms with van der Waals surface area (Å²) in [6, 6.07) is 4.70. The van der Waals surface area contributed by atoms with Gasteiger partial charge in [-0.25, -0.2) is 17.5 Å². The molecule has 2 heterocycles. The van der Waals surface area contributed by atoms with Crippen molar-refractivity contribution in [2.45, 2.75) is 30.2 Å². The van der Waals surface area contributed by atoms with Gasteiger partial charge >= 0.3 is 0 Å². The normalized spacial score (nSPS) is 20.0. The predicted octanol–water partition coefficient (Wildman–Crippen LogP) is 0.390. The van der Waals surface area contributed by atoms with Crippen molar-refractivity contribution in [2.75, 3.05) is 45.8 Å². The van der Waals surface area contributed by atoms with E-state index in [0.717, 1.165) is 51.4 Å². The van der Waals surface area contributed by atoms with Crippen molar-refractivity contribution in [1.29, 1.82) is 0 Å².